The molecule has 0 unspecified atom stereocenters. The molecule has 0 saturated carbocycles. The van der Waals surface area contributed by atoms with E-state index in [-0.39, 0.29) is 24.5 Å². The molecule has 1 amide bonds. The maximum atomic E-state index is 12.2. The van der Waals surface area contributed by atoms with Gasteiger partial charge in [0.05, 0.1) is 5.69 Å². The van der Waals surface area contributed by atoms with Crippen LogP contribution in [0.1, 0.15) is 16.8 Å². The SMILES string of the molecule is Cc1ccc(OCC(=O)Nc2ccc(OCc3cc(=O)c4ccccc4[nH]3)cc2)cc1C. The van der Waals surface area contributed by atoms with Crippen molar-refractivity contribution in [2.45, 2.75) is 20.5 Å². The van der Waals surface area contributed by atoms with Gasteiger partial charge in [0.15, 0.2) is 12.0 Å². The van der Waals surface area contributed by atoms with Crippen molar-refractivity contribution < 1.29 is 14.3 Å². The van der Waals surface area contributed by atoms with E-state index in [4.69, 9.17) is 9.47 Å². The minimum Gasteiger partial charge on any atom is -0.487 e. The van der Waals surface area contributed by atoms with E-state index in [1.54, 1.807) is 36.4 Å². The molecule has 0 aliphatic heterocycles. The van der Waals surface area contributed by atoms with E-state index < -0.39 is 0 Å². The molecule has 4 rings (SSSR count). The van der Waals surface area contributed by atoms with Gasteiger partial charge < -0.3 is 19.8 Å². The lowest BCUT2D eigenvalue weighted by molar-refractivity contribution is -0.118. The molecule has 0 spiro atoms. The Balaban J connectivity index is 1.30. The van der Waals surface area contributed by atoms with Crippen LogP contribution < -0.4 is 20.2 Å². The first-order valence-corrected chi connectivity index (χ1v) is 10.3. The highest BCUT2D eigenvalue weighted by atomic mass is 16.5. The number of hydrogen-bond acceptors (Lipinski definition) is 4. The normalized spacial score (nSPS) is 10.7. The summed E-state index contributed by atoms with van der Waals surface area (Å²) >= 11 is 0. The van der Waals surface area contributed by atoms with E-state index in [9.17, 15) is 9.59 Å². The van der Waals surface area contributed by atoms with E-state index in [0.29, 0.717) is 28.3 Å². The number of amides is 1. The van der Waals surface area contributed by atoms with Crippen LogP contribution >= 0.6 is 0 Å². The fourth-order valence-electron chi connectivity index (χ4n) is 3.28. The smallest absolute Gasteiger partial charge is 0.262 e. The van der Waals surface area contributed by atoms with Crippen LogP contribution in [-0.4, -0.2) is 17.5 Å². The molecule has 0 bridgehead atoms. The fourth-order valence-corrected chi connectivity index (χ4v) is 3.28. The molecule has 3 aromatic carbocycles. The molecule has 4 aromatic rings. The van der Waals surface area contributed by atoms with Crippen molar-refractivity contribution in [2.75, 3.05) is 11.9 Å². The summed E-state index contributed by atoms with van der Waals surface area (Å²) in [6, 6.07) is 21.7. The molecule has 1 heterocycles. The molecule has 0 radical (unpaired) electrons. The number of carbonyl (C=O) groups excluding carboxylic acids is 1. The third-order valence-corrected chi connectivity index (χ3v) is 5.17. The minimum absolute atomic E-state index is 0.0426. The number of carbonyl (C=O) groups is 1. The van der Waals surface area contributed by atoms with Crippen LogP contribution in [0.25, 0.3) is 10.9 Å². The zero-order valence-corrected chi connectivity index (χ0v) is 18.0. The van der Waals surface area contributed by atoms with Gasteiger partial charge in [0.25, 0.3) is 5.91 Å². The van der Waals surface area contributed by atoms with Crippen molar-refractivity contribution in [1.29, 1.82) is 0 Å². The van der Waals surface area contributed by atoms with Crippen molar-refractivity contribution in [3.05, 3.63) is 99.8 Å². The average molecular weight is 428 g/mol. The fraction of sp³-hybridized carbons (Fsp3) is 0.154. The second kappa shape index (κ2) is 9.39. The number of hydrogen-bond donors (Lipinski definition) is 2. The second-order valence-corrected chi connectivity index (χ2v) is 7.60. The largest absolute Gasteiger partial charge is 0.487 e. The van der Waals surface area contributed by atoms with Crippen molar-refractivity contribution >= 4 is 22.5 Å². The van der Waals surface area contributed by atoms with Crippen LogP contribution in [0, 0.1) is 13.8 Å². The summed E-state index contributed by atoms with van der Waals surface area (Å²) in [5, 5.41) is 3.45. The van der Waals surface area contributed by atoms with Crippen molar-refractivity contribution in [1.82, 2.24) is 4.98 Å². The van der Waals surface area contributed by atoms with Gasteiger partial charge in [0, 0.05) is 22.7 Å². The van der Waals surface area contributed by atoms with E-state index in [1.807, 2.05) is 50.2 Å². The average Bonchev–Trinajstić information content (AvgIpc) is 2.79. The molecular weight excluding hydrogens is 404 g/mol. The summed E-state index contributed by atoms with van der Waals surface area (Å²) < 4.78 is 11.3. The first-order valence-electron chi connectivity index (χ1n) is 10.3. The lowest BCUT2D eigenvalue weighted by Gasteiger charge is -2.10. The summed E-state index contributed by atoms with van der Waals surface area (Å²) in [5.41, 5.74) is 4.36. The first-order chi connectivity index (χ1) is 15.5. The number of rotatable bonds is 7. The number of aromatic nitrogens is 1. The maximum absolute atomic E-state index is 12.2. The summed E-state index contributed by atoms with van der Waals surface area (Å²) in [6.07, 6.45) is 0. The third-order valence-electron chi connectivity index (χ3n) is 5.17. The highest BCUT2D eigenvalue weighted by Crippen LogP contribution is 2.18. The Morgan fingerprint density at radius 2 is 1.62 bits per heavy atom. The standard InChI is InChI=1S/C26H24N2O4/c1-17-7-10-22(13-18(17)2)32-16-26(30)28-19-8-11-21(12-9-19)31-15-20-14-25(29)23-5-3-4-6-24(23)27-20/h3-14H,15-16H2,1-2H3,(H,27,29)(H,28,30). The van der Waals surface area contributed by atoms with Crippen molar-refractivity contribution in [3.8, 4) is 11.5 Å². The molecule has 6 nitrogen and oxygen atoms in total. The molecule has 6 heteroatoms. The molecule has 0 aliphatic rings. The van der Waals surface area contributed by atoms with Gasteiger partial charge in [-0.25, -0.2) is 0 Å². The molecule has 0 aliphatic carbocycles. The van der Waals surface area contributed by atoms with Gasteiger partial charge in [0.1, 0.15) is 18.1 Å². The zero-order valence-electron chi connectivity index (χ0n) is 18.0. The number of fused-ring (bicyclic) bond motifs is 1. The van der Waals surface area contributed by atoms with Gasteiger partial charge in [-0.2, -0.15) is 0 Å². The van der Waals surface area contributed by atoms with Gasteiger partial charge in [-0.15, -0.1) is 0 Å². The Hall–Kier alpha value is -4.06. The van der Waals surface area contributed by atoms with E-state index in [1.165, 1.54) is 5.56 Å². The number of para-hydroxylation sites is 1. The van der Waals surface area contributed by atoms with E-state index in [2.05, 4.69) is 10.3 Å². The van der Waals surface area contributed by atoms with Gasteiger partial charge in [0.2, 0.25) is 0 Å². The van der Waals surface area contributed by atoms with Crippen LogP contribution in [0.3, 0.4) is 0 Å². The molecule has 162 valence electrons. The minimum atomic E-state index is -0.245. The van der Waals surface area contributed by atoms with Gasteiger partial charge in [-0.05, 0) is 73.5 Å². The Labute approximate surface area is 185 Å². The number of anilines is 1. The molecular formula is C26H24N2O4. The number of aromatic amines is 1. The quantitative estimate of drug-likeness (QED) is 0.446. The number of aryl methyl sites for hydroxylation is 2. The Morgan fingerprint density at radius 3 is 2.41 bits per heavy atom. The summed E-state index contributed by atoms with van der Waals surface area (Å²) in [7, 11) is 0. The number of H-pyrrole nitrogens is 1. The Bertz CT molecular complexity index is 1310. The van der Waals surface area contributed by atoms with Crippen LogP contribution in [0.5, 0.6) is 11.5 Å². The van der Waals surface area contributed by atoms with Crippen LogP contribution in [-0.2, 0) is 11.4 Å². The number of nitrogens with one attached hydrogen (secondary N) is 2. The third kappa shape index (κ3) is 5.16. The molecule has 0 saturated heterocycles. The topological polar surface area (TPSA) is 80.4 Å². The number of benzene rings is 3. The van der Waals surface area contributed by atoms with Gasteiger partial charge in [-0.1, -0.05) is 18.2 Å². The first kappa shape index (κ1) is 21.2. The maximum Gasteiger partial charge on any atom is 0.262 e. The Kier molecular flexibility index (Phi) is 6.22. The molecule has 1 aromatic heterocycles. The van der Waals surface area contributed by atoms with Crippen LogP contribution in [0.4, 0.5) is 5.69 Å². The Morgan fingerprint density at radius 1 is 0.875 bits per heavy atom. The van der Waals surface area contributed by atoms with Crippen molar-refractivity contribution in [3.63, 3.8) is 0 Å². The van der Waals surface area contributed by atoms with E-state index in [0.717, 1.165) is 11.1 Å². The predicted molar refractivity (Wildman–Crippen MR) is 125 cm³/mol. The highest BCUT2D eigenvalue weighted by Gasteiger charge is 2.06. The predicted octanol–water partition coefficient (Wildman–Crippen LogP) is 4.74. The number of ether oxygens (including phenoxy) is 2. The second-order valence-electron chi connectivity index (χ2n) is 7.60. The molecule has 0 fully saturated rings. The summed E-state index contributed by atoms with van der Waals surface area (Å²) in [5.74, 6) is 1.05. The molecule has 2 N–H and O–H groups in total. The lowest BCUT2D eigenvalue weighted by Crippen LogP contribution is -2.20. The lowest BCUT2D eigenvalue weighted by atomic mass is 10.1. The summed E-state index contributed by atoms with van der Waals surface area (Å²) in [6.45, 7) is 4.19. The van der Waals surface area contributed by atoms with Crippen molar-refractivity contribution in [2.24, 2.45) is 0 Å². The van der Waals surface area contributed by atoms with Crippen LogP contribution in [0.15, 0.2) is 77.6 Å². The highest BCUT2D eigenvalue weighted by molar-refractivity contribution is 5.91. The van der Waals surface area contributed by atoms with Crippen LogP contribution in [0.2, 0.25) is 0 Å². The van der Waals surface area contributed by atoms with E-state index >= 15 is 0 Å². The van der Waals surface area contributed by atoms with Gasteiger partial charge in [-0.3, -0.25) is 9.59 Å². The monoisotopic (exact) mass is 428 g/mol. The zero-order chi connectivity index (χ0) is 22.5. The van der Waals surface area contributed by atoms with Gasteiger partial charge >= 0.3 is 0 Å². The number of pyridine rings is 1. The summed E-state index contributed by atoms with van der Waals surface area (Å²) in [4.78, 5) is 27.6. The molecule has 0 atom stereocenters. The molecule has 32 heavy (non-hydrogen) atoms.